The number of benzene rings is 1. The molecule has 1 aliphatic carbocycles. The van der Waals surface area contributed by atoms with Gasteiger partial charge in [-0.2, -0.15) is 0 Å². The summed E-state index contributed by atoms with van der Waals surface area (Å²) in [6.45, 7) is 4.34. The Morgan fingerprint density at radius 3 is 2.00 bits per heavy atom. The van der Waals surface area contributed by atoms with Crippen LogP contribution in [0.15, 0.2) is 18.2 Å². The molecule has 2 heteroatoms. The summed E-state index contributed by atoms with van der Waals surface area (Å²) in [7, 11) is 0. The fourth-order valence-electron chi connectivity index (χ4n) is 3.51. The van der Waals surface area contributed by atoms with Crippen LogP contribution in [0.2, 0.25) is 0 Å². The van der Waals surface area contributed by atoms with E-state index < -0.39 is 0 Å². The first-order valence-electron chi connectivity index (χ1n) is 7.75. The third-order valence-corrected chi connectivity index (χ3v) is 4.40. The van der Waals surface area contributed by atoms with Crippen molar-refractivity contribution < 1.29 is 0 Å². The number of hydrogen-bond donors (Lipinski definition) is 2. The average molecular weight is 260 g/mol. The molecule has 1 saturated carbocycles. The highest BCUT2D eigenvalue weighted by atomic mass is 15.2. The fraction of sp³-hybridized carbons (Fsp3) is 0.647. The topological polar surface area (TPSA) is 38.0 Å². The molecule has 1 aromatic carbocycles. The van der Waals surface area contributed by atoms with Gasteiger partial charge in [-0.3, -0.25) is 11.3 Å². The Hall–Kier alpha value is -0.860. The van der Waals surface area contributed by atoms with Gasteiger partial charge in [-0.25, -0.2) is 0 Å². The molecule has 106 valence electrons. The molecule has 0 aromatic heterocycles. The van der Waals surface area contributed by atoms with Crippen LogP contribution in [0.1, 0.15) is 67.7 Å². The molecule has 2 rings (SSSR count). The summed E-state index contributed by atoms with van der Waals surface area (Å²) in [6.07, 6.45) is 9.52. The Morgan fingerprint density at radius 1 is 0.947 bits per heavy atom. The van der Waals surface area contributed by atoms with Crippen LogP contribution in [0, 0.1) is 19.8 Å². The van der Waals surface area contributed by atoms with Crippen LogP contribution >= 0.6 is 0 Å². The molecule has 0 amide bonds. The van der Waals surface area contributed by atoms with E-state index in [1.54, 1.807) is 0 Å². The number of rotatable bonds is 3. The lowest BCUT2D eigenvalue weighted by Gasteiger charge is -2.29. The zero-order valence-electron chi connectivity index (χ0n) is 12.4. The lowest BCUT2D eigenvalue weighted by atomic mass is 9.82. The maximum absolute atomic E-state index is 5.88. The third-order valence-electron chi connectivity index (χ3n) is 4.40. The lowest BCUT2D eigenvalue weighted by molar-refractivity contribution is 0.290. The minimum atomic E-state index is 0.316. The van der Waals surface area contributed by atoms with Crippen molar-refractivity contribution in [3.05, 3.63) is 34.9 Å². The highest BCUT2D eigenvalue weighted by Gasteiger charge is 2.22. The van der Waals surface area contributed by atoms with E-state index in [9.17, 15) is 0 Å². The third kappa shape index (κ3) is 4.05. The zero-order chi connectivity index (χ0) is 13.7. The van der Waals surface area contributed by atoms with E-state index in [0.29, 0.717) is 12.0 Å². The molecular weight excluding hydrogens is 232 g/mol. The Kier molecular flexibility index (Phi) is 5.41. The molecule has 1 aromatic rings. The first-order chi connectivity index (χ1) is 9.20. The minimum absolute atomic E-state index is 0.316. The van der Waals surface area contributed by atoms with E-state index in [4.69, 9.17) is 5.84 Å². The molecule has 1 atom stereocenters. The van der Waals surface area contributed by atoms with E-state index in [2.05, 4.69) is 37.5 Å². The number of hydrogen-bond acceptors (Lipinski definition) is 2. The van der Waals surface area contributed by atoms with Crippen molar-refractivity contribution in [2.24, 2.45) is 11.8 Å². The highest BCUT2D eigenvalue weighted by Crippen LogP contribution is 2.33. The first-order valence-corrected chi connectivity index (χ1v) is 7.75. The van der Waals surface area contributed by atoms with Crippen molar-refractivity contribution in [1.29, 1.82) is 0 Å². The number of nitrogens with two attached hydrogens (primary N) is 1. The second kappa shape index (κ2) is 7.06. The summed E-state index contributed by atoms with van der Waals surface area (Å²) in [5.74, 6) is 6.56. The molecule has 0 bridgehead atoms. The second-order valence-corrected chi connectivity index (χ2v) is 6.17. The van der Waals surface area contributed by atoms with Gasteiger partial charge in [-0.15, -0.1) is 0 Å². The summed E-state index contributed by atoms with van der Waals surface area (Å²) in [4.78, 5) is 0. The van der Waals surface area contributed by atoms with Crippen LogP contribution < -0.4 is 11.3 Å². The van der Waals surface area contributed by atoms with Crippen LogP contribution in [0.5, 0.6) is 0 Å². The van der Waals surface area contributed by atoms with Crippen molar-refractivity contribution in [1.82, 2.24) is 5.43 Å². The van der Waals surface area contributed by atoms with Gasteiger partial charge in [0.15, 0.2) is 0 Å². The van der Waals surface area contributed by atoms with E-state index in [1.165, 1.54) is 61.6 Å². The van der Waals surface area contributed by atoms with Crippen molar-refractivity contribution in [2.75, 3.05) is 0 Å². The minimum Gasteiger partial charge on any atom is -0.271 e. The zero-order valence-corrected chi connectivity index (χ0v) is 12.4. The normalized spacial score (nSPS) is 19.7. The monoisotopic (exact) mass is 260 g/mol. The Labute approximate surface area is 117 Å². The van der Waals surface area contributed by atoms with Gasteiger partial charge in [0.25, 0.3) is 0 Å². The average Bonchev–Trinajstić information content (AvgIpc) is 2.31. The molecule has 2 nitrogen and oxygen atoms in total. The molecule has 19 heavy (non-hydrogen) atoms. The van der Waals surface area contributed by atoms with Gasteiger partial charge in [0, 0.05) is 6.04 Å². The van der Waals surface area contributed by atoms with Crippen LogP contribution in [0.4, 0.5) is 0 Å². The van der Waals surface area contributed by atoms with E-state index in [0.717, 1.165) is 0 Å². The second-order valence-electron chi connectivity index (χ2n) is 6.17. The standard InChI is InChI=1S/C17H28N2/c1-13-10-14(2)12-16(11-13)17(19-18)15-8-6-4-3-5-7-9-15/h10-12,15,17,19H,3-9,18H2,1-2H3. The van der Waals surface area contributed by atoms with Gasteiger partial charge in [0.05, 0.1) is 0 Å². The number of nitrogens with one attached hydrogen (secondary N) is 1. The van der Waals surface area contributed by atoms with E-state index in [1.807, 2.05) is 0 Å². The van der Waals surface area contributed by atoms with Gasteiger partial charge in [0.1, 0.15) is 0 Å². The summed E-state index contributed by atoms with van der Waals surface area (Å²) in [5.41, 5.74) is 7.13. The summed E-state index contributed by atoms with van der Waals surface area (Å²) in [6, 6.07) is 7.12. The largest absolute Gasteiger partial charge is 0.271 e. The van der Waals surface area contributed by atoms with Crippen LogP contribution in [0.25, 0.3) is 0 Å². The molecule has 1 unspecified atom stereocenters. The highest BCUT2D eigenvalue weighted by molar-refractivity contribution is 5.31. The molecule has 1 fully saturated rings. The molecule has 0 radical (unpaired) electrons. The van der Waals surface area contributed by atoms with Gasteiger partial charge >= 0.3 is 0 Å². The Balaban J connectivity index is 2.16. The molecule has 0 spiro atoms. The lowest BCUT2D eigenvalue weighted by Crippen LogP contribution is -2.34. The van der Waals surface area contributed by atoms with Gasteiger partial charge < -0.3 is 0 Å². The van der Waals surface area contributed by atoms with Crippen molar-refractivity contribution >= 4 is 0 Å². The van der Waals surface area contributed by atoms with Crippen molar-refractivity contribution in [2.45, 2.75) is 64.8 Å². The SMILES string of the molecule is Cc1cc(C)cc(C(NN)C2CCCCCCC2)c1. The van der Waals surface area contributed by atoms with Crippen LogP contribution in [-0.2, 0) is 0 Å². The number of aryl methyl sites for hydroxylation is 2. The van der Waals surface area contributed by atoms with Crippen molar-refractivity contribution in [3.8, 4) is 0 Å². The molecule has 3 N–H and O–H groups in total. The Bertz CT molecular complexity index is 372. The summed E-state index contributed by atoms with van der Waals surface area (Å²) in [5, 5.41) is 0. The summed E-state index contributed by atoms with van der Waals surface area (Å²) < 4.78 is 0. The predicted octanol–water partition coefficient (Wildman–Crippen LogP) is 4.17. The molecule has 0 heterocycles. The van der Waals surface area contributed by atoms with Crippen LogP contribution in [0.3, 0.4) is 0 Å². The smallest absolute Gasteiger partial charge is 0.0488 e. The van der Waals surface area contributed by atoms with E-state index in [-0.39, 0.29) is 0 Å². The molecule has 0 aliphatic heterocycles. The van der Waals surface area contributed by atoms with Gasteiger partial charge in [-0.05, 0) is 38.2 Å². The van der Waals surface area contributed by atoms with Crippen molar-refractivity contribution in [3.63, 3.8) is 0 Å². The maximum Gasteiger partial charge on any atom is 0.0488 e. The Morgan fingerprint density at radius 2 is 1.47 bits per heavy atom. The van der Waals surface area contributed by atoms with Gasteiger partial charge in [0.2, 0.25) is 0 Å². The molecule has 0 saturated heterocycles. The van der Waals surface area contributed by atoms with Crippen LogP contribution in [-0.4, -0.2) is 0 Å². The fourth-order valence-corrected chi connectivity index (χ4v) is 3.51. The molecule has 1 aliphatic rings. The van der Waals surface area contributed by atoms with E-state index >= 15 is 0 Å². The van der Waals surface area contributed by atoms with Gasteiger partial charge in [-0.1, -0.05) is 61.4 Å². The number of hydrazine groups is 1. The summed E-state index contributed by atoms with van der Waals surface area (Å²) >= 11 is 0. The first kappa shape index (κ1) is 14.5. The molecular formula is C17H28N2. The maximum atomic E-state index is 5.88. The quantitative estimate of drug-likeness (QED) is 0.632. The predicted molar refractivity (Wildman–Crippen MR) is 81.8 cm³/mol.